The van der Waals surface area contributed by atoms with Crippen LogP contribution in [0.2, 0.25) is 0 Å². The van der Waals surface area contributed by atoms with Gasteiger partial charge in [-0.2, -0.15) is 18.3 Å². The van der Waals surface area contributed by atoms with Crippen LogP contribution in [0.3, 0.4) is 0 Å². The molecule has 0 saturated carbocycles. The smallest absolute Gasteiger partial charge is 0.292 e. The van der Waals surface area contributed by atoms with Crippen LogP contribution in [0.15, 0.2) is 60.9 Å². The molecule has 2 N–H and O–H groups in total. The maximum Gasteiger partial charge on any atom is 0.416 e. The first-order valence-corrected chi connectivity index (χ1v) is 7.78. The lowest BCUT2D eigenvalue weighted by molar-refractivity contribution is -0.384. The molecule has 0 spiro atoms. The first-order valence-electron chi connectivity index (χ1n) is 7.78. The highest BCUT2D eigenvalue weighted by molar-refractivity contribution is 5.94. The molecule has 0 saturated heterocycles. The number of halogens is 3. The summed E-state index contributed by atoms with van der Waals surface area (Å²) in [6, 6.07) is 10.9. The lowest BCUT2D eigenvalue weighted by Gasteiger charge is -2.11. The number of rotatable bonds is 5. The van der Waals surface area contributed by atoms with Crippen LogP contribution in [-0.4, -0.2) is 20.6 Å². The number of benzene rings is 2. The molecule has 28 heavy (non-hydrogen) atoms. The molecule has 0 fully saturated rings. The Labute approximate surface area is 155 Å². The number of amides is 1. The maximum absolute atomic E-state index is 12.7. The number of anilines is 1. The van der Waals surface area contributed by atoms with Crippen LogP contribution in [0.4, 0.5) is 24.5 Å². The third kappa shape index (κ3) is 4.09. The zero-order chi connectivity index (χ0) is 20.3. The van der Waals surface area contributed by atoms with E-state index in [4.69, 9.17) is 0 Å². The van der Waals surface area contributed by atoms with Gasteiger partial charge in [-0.25, -0.2) is 4.68 Å². The Balaban J connectivity index is 1.74. The molecule has 0 unspecified atom stereocenters. The minimum atomic E-state index is -4.72. The third-order valence-corrected chi connectivity index (χ3v) is 3.70. The van der Waals surface area contributed by atoms with Crippen LogP contribution in [-0.2, 0) is 6.18 Å². The van der Waals surface area contributed by atoms with Gasteiger partial charge in [0.1, 0.15) is 5.69 Å². The van der Waals surface area contributed by atoms with Gasteiger partial charge in [0, 0.05) is 12.3 Å². The van der Waals surface area contributed by atoms with Gasteiger partial charge in [0.15, 0.2) is 0 Å². The van der Waals surface area contributed by atoms with Crippen LogP contribution >= 0.6 is 0 Å². The molecule has 0 aliphatic carbocycles. The minimum Gasteiger partial charge on any atom is -0.292 e. The van der Waals surface area contributed by atoms with Crippen molar-refractivity contribution in [3.8, 4) is 5.69 Å². The molecule has 1 heterocycles. The summed E-state index contributed by atoms with van der Waals surface area (Å²) in [5.41, 5.74) is 3.06. The van der Waals surface area contributed by atoms with Gasteiger partial charge >= 0.3 is 6.18 Å². The van der Waals surface area contributed by atoms with Crippen molar-refractivity contribution in [1.82, 2.24) is 15.2 Å². The van der Waals surface area contributed by atoms with E-state index >= 15 is 0 Å². The fourth-order valence-electron chi connectivity index (χ4n) is 2.32. The molecule has 2 aromatic carbocycles. The fourth-order valence-corrected chi connectivity index (χ4v) is 2.32. The highest BCUT2D eigenvalue weighted by atomic mass is 19.4. The summed E-state index contributed by atoms with van der Waals surface area (Å²) in [4.78, 5) is 22.3. The zero-order valence-electron chi connectivity index (χ0n) is 14.0. The maximum atomic E-state index is 12.7. The molecule has 0 radical (unpaired) electrons. The number of carbonyl (C=O) groups is 1. The molecule has 0 atom stereocenters. The molecule has 3 rings (SSSR count). The second-order valence-electron chi connectivity index (χ2n) is 5.58. The van der Waals surface area contributed by atoms with Crippen molar-refractivity contribution in [2.24, 2.45) is 0 Å². The molecule has 1 amide bonds. The summed E-state index contributed by atoms with van der Waals surface area (Å²) in [6.45, 7) is 0. The van der Waals surface area contributed by atoms with Crippen molar-refractivity contribution in [3.05, 3.63) is 82.2 Å². The number of hydrogen-bond acceptors (Lipinski definition) is 5. The topological polar surface area (TPSA) is 102 Å². The molecule has 0 bridgehead atoms. The Kier molecular flexibility index (Phi) is 4.98. The Morgan fingerprint density at radius 2 is 1.86 bits per heavy atom. The summed E-state index contributed by atoms with van der Waals surface area (Å²) in [5, 5.41) is 15.1. The number of nitrogens with one attached hydrogen (secondary N) is 2. The summed E-state index contributed by atoms with van der Waals surface area (Å²) in [6.07, 6.45) is -2.00. The van der Waals surface area contributed by atoms with Crippen molar-refractivity contribution in [1.29, 1.82) is 0 Å². The average Bonchev–Trinajstić information content (AvgIpc) is 3.16. The first-order chi connectivity index (χ1) is 13.3. The second kappa shape index (κ2) is 7.39. The van der Waals surface area contributed by atoms with Crippen molar-refractivity contribution in [2.75, 3.05) is 5.43 Å². The summed E-state index contributed by atoms with van der Waals surface area (Å²) >= 11 is 0. The number of hydrazine groups is 1. The van der Waals surface area contributed by atoms with Crippen LogP contribution in [0, 0.1) is 10.1 Å². The van der Waals surface area contributed by atoms with Gasteiger partial charge in [0.25, 0.3) is 11.6 Å². The van der Waals surface area contributed by atoms with Gasteiger partial charge in [-0.15, -0.1) is 0 Å². The Morgan fingerprint density at radius 1 is 1.14 bits per heavy atom. The van der Waals surface area contributed by atoms with Crippen molar-refractivity contribution in [3.63, 3.8) is 0 Å². The third-order valence-electron chi connectivity index (χ3n) is 3.70. The Morgan fingerprint density at radius 3 is 2.50 bits per heavy atom. The Bertz CT molecular complexity index is 1020. The molecule has 8 nitrogen and oxygen atoms in total. The van der Waals surface area contributed by atoms with E-state index in [1.54, 1.807) is 24.3 Å². The van der Waals surface area contributed by atoms with Gasteiger partial charge in [0.2, 0.25) is 0 Å². The van der Waals surface area contributed by atoms with Gasteiger partial charge in [-0.05, 0) is 24.3 Å². The molecular weight excluding hydrogens is 379 g/mol. The lowest BCUT2D eigenvalue weighted by atomic mass is 10.1. The number of alkyl halides is 3. The second-order valence-corrected chi connectivity index (χ2v) is 5.58. The van der Waals surface area contributed by atoms with Gasteiger partial charge < -0.3 is 0 Å². The predicted molar refractivity (Wildman–Crippen MR) is 92.8 cm³/mol. The standard InChI is InChI=1S/C17H12F3N5O3/c18-17(19,20)12-6-7-14(15(8-12)25(27)28)22-23-16(26)11-9-21-24(10-11)13-4-2-1-3-5-13/h1-10,22H,(H,23,26). The van der Waals surface area contributed by atoms with E-state index in [-0.39, 0.29) is 11.3 Å². The number of nitro benzene ring substituents is 1. The van der Waals surface area contributed by atoms with E-state index in [9.17, 15) is 28.1 Å². The van der Waals surface area contributed by atoms with E-state index in [1.807, 2.05) is 6.07 Å². The van der Waals surface area contributed by atoms with Crippen LogP contribution in [0.1, 0.15) is 15.9 Å². The molecule has 0 aliphatic heterocycles. The Hall–Kier alpha value is -3.89. The minimum absolute atomic E-state index is 0.144. The van der Waals surface area contributed by atoms with Crippen molar-refractivity contribution < 1.29 is 22.9 Å². The summed E-state index contributed by atoms with van der Waals surface area (Å²) in [5.74, 6) is -0.670. The number of para-hydroxylation sites is 1. The van der Waals surface area contributed by atoms with Gasteiger partial charge in [-0.3, -0.25) is 25.8 Å². The number of hydrogen-bond donors (Lipinski definition) is 2. The highest BCUT2D eigenvalue weighted by Crippen LogP contribution is 2.34. The first kappa shape index (κ1) is 18.9. The summed E-state index contributed by atoms with van der Waals surface area (Å²) < 4.78 is 39.6. The number of nitro groups is 1. The van der Waals surface area contributed by atoms with Crippen molar-refractivity contribution >= 4 is 17.3 Å². The van der Waals surface area contributed by atoms with E-state index < -0.39 is 28.3 Å². The quantitative estimate of drug-likeness (QED) is 0.512. The SMILES string of the molecule is O=C(NNc1ccc(C(F)(F)F)cc1[N+](=O)[O-])c1cnn(-c2ccccc2)c1. The molecular formula is C17H12F3N5O3. The lowest BCUT2D eigenvalue weighted by Crippen LogP contribution is -2.29. The zero-order valence-corrected chi connectivity index (χ0v) is 14.0. The van der Waals surface area contributed by atoms with E-state index in [2.05, 4.69) is 16.0 Å². The number of nitrogens with zero attached hydrogens (tertiary/aromatic N) is 3. The van der Waals surface area contributed by atoms with Crippen LogP contribution in [0.25, 0.3) is 5.69 Å². The van der Waals surface area contributed by atoms with Crippen LogP contribution in [0.5, 0.6) is 0 Å². The molecule has 1 aromatic heterocycles. The number of carbonyl (C=O) groups excluding carboxylic acids is 1. The predicted octanol–water partition coefficient (Wildman–Crippen LogP) is 3.56. The molecule has 3 aromatic rings. The highest BCUT2D eigenvalue weighted by Gasteiger charge is 2.33. The molecule has 0 aliphatic rings. The van der Waals surface area contributed by atoms with Gasteiger partial charge in [-0.1, -0.05) is 18.2 Å². The largest absolute Gasteiger partial charge is 0.416 e. The van der Waals surface area contributed by atoms with Gasteiger partial charge in [0.05, 0.1) is 27.9 Å². The summed E-state index contributed by atoms with van der Waals surface area (Å²) in [7, 11) is 0. The average molecular weight is 391 g/mol. The number of aromatic nitrogens is 2. The molecule has 144 valence electrons. The monoisotopic (exact) mass is 391 g/mol. The van der Waals surface area contributed by atoms with E-state index in [0.717, 1.165) is 6.07 Å². The van der Waals surface area contributed by atoms with Crippen LogP contribution < -0.4 is 10.9 Å². The molecule has 11 heteroatoms. The van der Waals surface area contributed by atoms with E-state index in [1.165, 1.54) is 17.1 Å². The normalized spacial score (nSPS) is 11.1. The van der Waals surface area contributed by atoms with Crippen molar-refractivity contribution in [2.45, 2.75) is 6.18 Å². The van der Waals surface area contributed by atoms with E-state index in [0.29, 0.717) is 17.8 Å². The fraction of sp³-hybridized carbons (Fsp3) is 0.0588.